The summed E-state index contributed by atoms with van der Waals surface area (Å²) in [5.74, 6) is 0. The average Bonchev–Trinajstić information content (AvgIpc) is 1.80. The van der Waals surface area contributed by atoms with Crippen molar-refractivity contribution < 1.29 is 4.74 Å². The molecule has 86 valence electrons. The van der Waals surface area contributed by atoms with Gasteiger partial charge >= 0.3 is 0 Å². The van der Waals surface area contributed by atoms with Gasteiger partial charge in [0.25, 0.3) is 0 Å². The maximum Gasteiger partial charge on any atom is 0.105 e. The molecule has 2 N–H and O–H groups in total. The van der Waals surface area contributed by atoms with Gasteiger partial charge in [0.15, 0.2) is 0 Å². The highest BCUT2D eigenvalue weighted by Gasteiger charge is 2.33. The minimum atomic E-state index is -0.352. The van der Waals surface area contributed by atoms with Gasteiger partial charge in [-0.05, 0) is 39.5 Å². The fourth-order valence-corrected chi connectivity index (χ4v) is 0.969. The molecule has 14 heavy (non-hydrogen) atoms. The molecule has 3 heteroatoms. The Morgan fingerprint density at radius 1 is 1.07 bits per heavy atom. The summed E-state index contributed by atoms with van der Waals surface area (Å²) in [6.45, 7) is 13.0. The molecule has 0 saturated carbocycles. The monoisotopic (exact) mass is 219 g/mol. The number of hydrogen-bond acceptors (Lipinski definition) is 3. The Bertz CT molecular complexity index is 177. The number of nitrogens with two attached hydrogens (primary N) is 1. The van der Waals surface area contributed by atoms with E-state index in [1.165, 1.54) is 0 Å². The Balaban J connectivity index is 4.02. The molecule has 0 atom stereocenters. The van der Waals surface area contributed by atoms with Gasteiger partial charge in [-0.1, -0.05) is 13.8 Å². The van der Waals surface area contributed by atoms with Gasteiger partial charge in [0.1, 0.15) is 4.93 Å². The second-order valence-electron chi connectivity index (χ2n) is 5.65. The van der Waals surface area contributed by atoms with E-state index in [-0.39, 0.29) is 15.9 Å². The highest BCUT2D eigenvalue weighted by Crippen LogP contribution is 2.32. The molecule has 0 radical (unpaired) electrons. The van der Waals surface area contributed by atoms with E-state index >= 15 is 0 Å². The standard InChI is InChI=1S/C11H25NOS/c1-9(2,10(3,4)12)7-8-13-11(5,6)14/h14H,7-8,12H2,1-6H3. The van der Waals surface area contributed by atoms with E-state index in [1.54, 1.807) is 0 Å². The van der Waals surface area contributed by atoms with Gasteiger partial charge in [-0.15, -0.1) is 12.6 Å². The normalized spacial score (nSPS) is 14.6. The zero-order valence-corrected chi connectivity index (χ0v) is 11.2. The maximum atomic E-state index is 6.09. The third-order valence-electron chi connectivity index (χ3n) is 2.93. The first kappa shape index (κ1) is 14.3. The predicted octanol–water partition coefficient (Wildman–Crippen LogP) is 2.82. The lowest BCUT2D eigenvalue weighted by Gasteiger charge is -2.39. The van der Waals surface area contributed by atoms with Crippen LogP contribution in [0.5, 0.6) is 0 Å². The predicted molar refractivity (Wildman–Crippen MR) is 65.7 cm³/mol. The summed E-state index contributed by atoms with van der Waals surface area (Å²) in [6.07, 6.45) is 0.945. The Hall–Kier alpha value is 0.270. The van der Waals surface area contributed by atoms with Crippen molar-refractivity contribution in [2.45, 2.75) is 58.4 Å². The van der Waals surface area contributed by atoms with Gasteiger partial charge in [-0.2, -0.15) is 0 Å². The van der Waals surface area contributed by atoms with Crippen LogP contribution in [-0.2, 0) is 4.74 Å². The Morgan fingerprint density at radius 3 is 1.79 bits per heavy atom. The van der Waals surface area contributed by atoms with Gasteiger partial charge in [0.05, 0.1) is 0 Å². The largest absolute Gasteiger partial charge is 0.365 e. The Labute approximate surface area is 94.0 Å². The molecule has 2 nitrogen and oxygen atoms in total. The highest BCUT2D eigenvalue weighted by molar-refractivity contribution is 7.81. The summed E-state index contributed by atoms with van der Waals surface area (Å²) in [7, 11) is 0. The molecular weight excluding hydrogens is 194 g/mol. The van der Waals surface area contributed by atoms with E-state index in [4.69, 9.17) is 10.5 Å². The third kappa shape index (κ3) is 5.23. The molecule has 0 aromatic rings. The molecule has 0 rings (SSSR count). The van der Waals surface area contributed by atoms with Crippen molar-refractivity contribution in [3.05, 3.63) is 0 Å². The summed E-state index contributed by atoms with van der Waals surface area (Å²) >= 11 is 4.30. The first-order chi connectivity index (χ1) is 5.96. The van der Waals surface area contributed by atoms with Crippen LogP contribution >= 0.6 is 12.6 Å². The molecule has 0 aliphatic rings. The molecule has 0 fully saturated rings. The fourth-order valence-electron chi connectivity index (χ4n) is 0.878. The van der Waals surface area contributed by atoms with Crippen LogP contribution in [-0.4, -0.2) is 17.1 Å². The maximum absolute atomic E-state index is 6.09. The summed E-state index contributed by atoms with van der Waals surface area (Å²) in [6, 6.07) is 0. The molecule has 0 heterocycles. The molecule has 0 amide bonds. The third-order valence-corrected chi connectivity index (χ3v) is 3.06. The Kier molecular flexibility index (Phi) is 4.50. The second-order valence-corrected chi connectivity index (χ2v) is 6.73. The quantitative estimate of drug-likeness (QED) is 0.551. The smallest absolute Gasteiger partial charge is 0.105 e. The van der Waals surface area contributed by atoms with Crippen molar-refractivity contribution in [2.24, 2.45) is 11.1 Å². The van der Waals surface area contributed by atoms with Crippen LogP contribution in [0.15, 0.2) is 0 Å². The molecular formula is C11H25NOS. The van der Waals surface area contributed by atoms with Gasteiger partial charge < -0.3 is 10.5 Å². The molecule has 0 saturated heterocycles. The molecule has 0 aliphatic heterocycles. The number of thiol groups is 1. The number of rotatable bonds is 5. The summed E-state index contributed by atoms with van der Waals surface area (Å²) in [5, 5.41) is 0. The van der Waals surface area contributed by atoms with Gasteiger partial charge in [0, 0.05) is 12.1 Å². The zero-order chi connectivity index (χ0) is 11.6. The van der Waals surface area contributed by atoms with E-state index in [2.05, 4.69) is 40.3 Å². The Morgan fingerprint density at radius 2 is 1.50 bits per heavy atom. The summed E-state index contributed by atoms with van der Waals surface area (Å²) < 4.78 is 5.57. The fraction of sp³-hybridized carbons (Fsp3) is 1.00. The van der Waals surface area contributed by atoms with E-state index in [0.717, 1.165) is 6.42 Å². The van der Waals surface area contributed by atoms with Gasteiger partial charge in [-0.3, -0.25) is 0 Å². The molecule has 0 aliphatic carbocycles. The first-order valence-corrected chi connectivity index (χ1v) is 5.56. The van der Waals surface area contributed by atoms with Crippen molar-refractivity contribution in [2.75, 3.05) is 6.61 Å². The van der Waals surface area contributed by atoms with Crippen LogP contribution in [0.25, 0.3) is 0 Å². The summed E-state index contributed by atoms with van der Waals surface area (Å²) in [4.78, 5) is -0.352. The molecule has 0 spiro atoms. The van der Waals surface area contributed by atoms with E-state index < -0.39 is 0 Å². The molecule has 0 unspecified atom stereocenters. The molecule has 0 aromatic carbocycles. The number of ether oxygens (including phenoxy) is 1. The van der Waals surface area contributed by atoms with E-state index in [0.29, 0.717) is 6.61 Å². The zero-order valence-electron chi connectivity index (χ0n) is 10.3. The minimum Gasteiger partial charge on any atom is -0.365 e. The van der Waals surface area contributed by atoms with Crippen LogP contribution in [0.1, 0.15) is 48.0 Å². The van der Waals surface area contributed by atoms with E-state index in [1.807, 2.05) is 13.8 Å². The lowest BCUT2D eigenvalue weighted by atomic mass is 9.73. The number of hydrogen-bond donors (Lipinski definition) is 2. The van der Waals surface area contributed by atoms with Crippen molar-refractivity contribution in [1.82, 2.24) is 0 Å². The van der Waals surface area contributed by atoms with Crippen molar-refractivity contribution in [3.63, 3.8) is 0 Å². The van der Waals surface area contributed by atoms with Crippen LogP contribution in [0.3, 0.4) is 0 Å². The lowest BCUT2D eigenvalue weighted by Crippen LogP contribution is -2.48. The van der Waals surface area contributed by atoms with Crippen molar-refractivity contribution in [1.29, 1.82) is 0 Å². The van der Waals surface area contributed by atoms with Gasteiger partial charge in [0.2, 0.25) is 0 Å². The van der Waals surface area contributed by atoms with Crippen molar-refractivity contribution >= 4 is 12.6 Å². The SMILES string of the molecule is CC(C)(S)OCCC(C)(C)C(C)(C)N. The van der Waals surface area contributed by atoms with Crippen LogP contribution in [0, 0.1) is 5.41 Å². The molecule has 0 aromatic heterocycles. The van der Waals surface area contributed by atoms with Crippen molar-refractivity contribution in [3.8, 4) is 0 Å². The van der Waals surface area contributed by atoms with Crippen LogP contribution in [0.4, 0.5) is 0 Å². The average molecular weight is 219 g/mol. The second kappa shape index (κ2) is 4.42. The van der Waals surface area contributed by atoms with Crippen LogP contribution < -0.4 is 5.73 Å². The topological polar surface area (TPSA) is 35.2 Å². The minimum absolute atomic E-state index is 0.0754. The summed E-state index contributed by atoms with van der Waals surface area (Å²) in [5.41, 5.74) is 5.98. The van der Waals surface area contributed by atoms with Gasteiger partial charge in [-0.25, -0.2) is 0 Å². The first-order valence-electron chi connectivity index (χ1n) is 5.11. The van der Waals surface area contributed by atoms with Crippen LogP contribution in [0.2, 0.25) is 0 Å². The lowest BCUT2D eigenvalue weighted by molar-refractivity contribution is 0.0238. The highest BCUT2D eigenvalue weighted by atomic mass is 32.1. The molecule has 0 bridgehead atoms. The van der Waals surface area contributed by atoms with E-state index in [9.17, 15) is 0 Å².